The molecule has 0 saturated carbocycles. The van der Waals surface area contributed by atoms with Gasteiger partial charge in [0.05, 0.1) is 25.8 Å². The summed E-state index contributed by atoms with van der Waals surface area (Å²) in [5.41, 5.74) is 1.69. The van der Waals surface area contributed by atoms with Crippen LogP contribution in [0.3, 0.4) is 0 Å². The Balaban J connectivity index is 1.87. The third kappa shape index (κ3) is 5.56. The number of halogens is 1. The highest BCUT2D eigenvalue weighted by Gasteiger charge is 2.06. The zero-order valence-electron chi connectivity index (χ0n) is 14.4. The zero-order valence-corrected chi connectivity index (χ0v) is 16.0. The lowest BCUT2D eigenvalue weighted by Crippen LogP contribution is -2.30. The largest absolute Gasteiger partial charge is 0.497 e. The van der Waals surface area contributed by atoms with Crippen LogP contribution in [0, 0.1) is 0 Å². The molecule has 0 heterocycles. The van der Waals surface area contributed by atoms with Crippen LogP contribution in [0.25, 0.3) is 0 Å². The van der Waals surface area contributed by atoms with Gasteiger partial charge in [0.25, 0.3) is 0 Å². The van der Waals surface area contributed by atoms with Crippen LogP contribution in [0.2, 0.25) is 0 Å². The highest BCUT2D eigenvalue weighted by molar-refractivity contribution is 9.10. The molecule has 0 spiro atoms. The van der Waals surface area contributed by atoms with Gasteiger partial charge in [0.1, 0.15) is 17.2 Å². The summed E-state index contributed by atoms with van der Waals surface area (Å²) in [5, 5.41) is 5.59. The van der Waals surface area contributed by atoms with Gasteiger partial charge < -0.3 is 24.8 Å². The van der Waals surface area contributed by atoms with E-state index in [1.54, 1.807) is 39.5 Å². The first-order valence-electron chi connectivity index (χ1n) is 7.66. The van der Waals surface area contributed by atoms with Gasteiger partial charge in [-0.1, -0.05) is 6.07 Å². The van der Waals surface area contributed by atoms with Crippen molar-refractivity contribution >= 4 is 27.6 Å². The first-order valence-corrected chi connectivity index (χ1v) is 8.45. The number of carbonyl (C=O) groups is 1. The normalized spacial score (nSPS) is 10.1. The number of hydrogen-bond donors (Lipinski definition) is 2. The van der Waals surface area contributed by atoms with Crippen molar-refractivity contribution in [1.82, 2.24) is 5.32 Å². The molecule has 0 atom stereocenters. The Morgan fingerprint density at radius 3 is 2.24 bits per heavy atom. The average molecular weight is 409 g/mol. The number of anilines is 1. The number of carbonyl (C=O) groups excluding carboxylic acids is 1. The lowest BCUT2D eigenvalue weighted by atomic mass is 10.1. The maximum atomic E-state index is 12.0. The van der Waals surface area contributed by atoms with Crippen molar-refractivity contribution in [2.24, 2.45) is 0 Å². The Labute approximate surface area is 155 Å². The molecule has 2 rings (SSSR count). The third-order valence-electron chi connectivity index (χ3n) is 3.52. The summed E-state index contributed by atoms with van der Waals surface area (Å²) in [6.07, 6.45) is 0.706. The Morgan fingerprint density at radius 2 is 1.68 bits per heavy atom. The molecule has 2 amide bonds. The molecule has 0 aliphatic carbocycles. The highest BCUT2D eigenvalue weighted by Crippen LogP contribution is 2.26. The fourth-order valence-corrected chi connectivity index (χ4v) is 2.83. The molecule has 0 saturated heterocycles. The van der Waals surface area contributed by atoms with Crippen molar-refractivity contribution < 1.29 is 19.0 Å². The van der Waals surface area contributed by atoms with Gasteiger partial charge in [-0.15, -0.1) is 0 Å². The molecule has 2 aromatic carbocycles. The van der Waals surface area contributed by atoms with Crippen LogP contribution in [0.1, 0.15) is 5.56 Å². The third-order valence-corrected chi connectivity index (χ3v) is 4.14. The van der Waals surface area contributed by atoms with E-state index in [1.807, 2.05) is 18.2 Å². The van der Waals surface area contributed by atoms with Crippen LogP contribution in [-0.2, 0) is 6.42 Å². The summed E-state index contributed by atoms with van der Waals surface area (Å²) in [6.45, 7) is 0.506. The van der Waals surface area contributed by atoms with Crippen molar-refractivity contribution in [3.8, 4) is 17.2 Å². The lowest BCUT2D eigenvalue weighted by molar-refractivity contribution is 0.252. The molecule has 2 aromatic rings. The highest BCUT2D eigenvalue weighted by atomic mass is 79.9. The van der Waals surface area contributed by atoms with Crippen LogP contribution < -0.4 is 24.8 Å². The van der Waals surface area contributed by atoms with Crippen LogP contribution in [-0.4, -0.2) is 33.9 Å². The molecule has 0 aliphatic rings. The summed E-state index contributed by atoms with van der Waals surface area (Å²) < 4.78 is 16.5. The first kappa shape index (κ1) is 18.9. The lowest BCUT2D eigenvalue weighted by Gasteiger charge is -2.11. The molecule has 25 heavy (non-hydrogen) atoms. The summed E-state index contributed by atoms with van der Waals surface area (Å²) in [4.78, 5) is 12.0. The maximum absolute atomic E-state index is 12.0. The molecule has 2 N–H and O–H groups in total. The molecular formula is C18H21BrN2O4. The van der Waals surface area contributed by atoms with Gasteiger partial charge in [0.2, 0.25) is 0 Å². The minimum Gasteiger partial charge on any atom is -0.497 e. The number of amides is 2. The van der Waals surface area contributed by atoms with E-state index in [-0.39, 0.29) is 6.03 Å². The molecular weight excluding hydrogens is 388 g/mol. The second-order valence-corrected chi connectivity index (χ2v) is 6.06. The Hall–Kier alpha value is -2.41. The molecule has 134 valence electrons. The molecule has 0 bridgehead atoms. The van der Waals surface area contributed by atoms with Crippen molar-refractivity contribution in [3.63, 3.8) is 0 Å². The summed E-state index contributed by atoms with van der Waals surface area (Å²) in [6, 6.07) is 10.7. The Morgan fingerprint density at radius 1 is 1.00 bits per heavy atom. The van der Waals surface area contributed by atoms with Crippen LogP contribution in [0.4, 0.5) is 10.5 Å². The van der Waals surface area contributed by atoms with Gasteiger partial charge in [-0.25, -0.2) is 4.79 Å². The number of rotatable bonds is 7. The quantitative estimate of drug-likeness (QED) is 0.729. The second-order valence-electron chi connectivity index (χ2n) is 5.20. The average Bonchev–Trinajstić information content (AvgIpc) is 2.61. The van der Waals surface area contributed by atoms with E-state index in [4.69, 9.17) is 14.2 Å². The number of hydrogen-bond acceptors (Lipinski definition) is 4. The van der Waals surface area contributed by atoms with E-state index in [0.717, 1.165) is 15.8 Å². The topological polar surface area (TPSA) is 68.8 Å². The first-order chi connectivity index (χ1) is 12.0. The number of methoxy groups -OCH3 is 3. The van der Waals surface area contributed by atoms with E-state index in [1.165, 1.54) is 0 Å². The maximum Gasteiger partial charge on any atom is 0.319 e. The minimum absolute atomic E-state index is 0.289. The van der Waals surface area contributed by atoms with Crippen LogP contribution >= 0.6 is 15.9 Å². The predicted octanol–water partition coefficient (Wildman–Crippen LogP) is 3.84. The van der Waals surface area contributed by atoms with Crippen molar-refractivity contribution in [1.29, 1.82) is 0 Å². The number of ether oxygens (including phenoxy) is 3. The van der Waals surface area contributed by atoms with Crippen molar-refractivity contribution in [2.75, 3.05) is 33.2 Å². The number of benzene rings is 2. The summed E-state index contributed by atoms with van der Waals surface area (Å²) in [7, 11) is 4.75. The summed E-state index contributed by atoms with van der Waals surface area (Å²) in [5.74, 6) is 2.00. The predicted molar refractivity (Wildman–Crippen MR) is 101 cm³/mol. The standard InChI is InChI=1S/C18H21BrN2O4/c1-23-14-9-13(10-15(11-14)24-2)21-18(22)20-7-6-12-4-5-17(25-3)16(19)8-12/h4-5,8-11H,6-7H2,1-3H3,(H2,20,21,22). The molecule has 0 fully saturated rings. The molecule has 6 nitrogen and oxygen atoms in total. The van der Waals surface area contributed by atoms with E-state index in [9.17, 15) is 4.79 Å². The molecule has 0 aromatic heterocycles. The molecule has 0 unspecified atom stereocenters. The van der Waals surface area contributed by atoms with E-state index >= 15 is 0 Å². The number of nitrogens with one attached hydrogen (secondary N) is 2. The van der Waals surface area contributed by atoms with Gasteiger partial charge in [-0.3, -0.25) is 0 Å². The van der Waals surface area contributed by atoms with Crippen LogP contribution in [0.15, 0.2) is 40.9 Å². The monoisotopic (exact) mass is 408 g/mol. The van der Waals surface area contributed by atoms with Crippen molar-refractivity contribution in [2.45, 2.75) is 6.42 Å². The Kier molecular flexibility index (Phi) is 6.94. The fraction of sp³-hybridized carbons (Fsp3) is 0.278. The van der Waals surface area contributed by atoms with Gasteiger partial charge in [-0.05, 0) is 40.0 Å². The molecule has 7 heteroatoms. The minimum atomic E-state index is -0.289. The van der Waals surface area contributed by atoms with E-state index in [0.29, 0.717) is 30.2 Å². The molecule has 0 radical (unpaired) electrons. The van der Waals surface area contributed by atoms with Crippen LogP contribution in [0.5, 0.6) is 17.2 Å². The smallest absolute Gasteiger partial charge is 0.319 e. The zero-order chi connectivity index (χ0) is 18.2. The van der Waals surface area contributed by atoms with E-state index < -0.39 is 0 Å². The van der Waals surface area contributed by atoms with Gasteiger partial charge in [0, 0.05) is 30.4 Å². The van der Waals surface area contributed by atoms with Crippen molar-refractivity contribution in [3.05, 3.63) is 46.4 Å². The van der Waals surface area contributed by atoms with Gasteiger partial charge in [0.15, 0.2) is 0 Å². The van der Waals surface area contributed by atoms with Gasteiger partial charge >= 0.3 is 6.03 Å². The Bertz CT molecular complexity index is 715. The van der Waals surface area contributed by atoms with Gasteiger partial charge in [-0.2, -0.15) is 0 Å². The fourth-order valence-electron chi connectivity index (χ4n) is 2.24. The molecule has 0 aliphatic heterocycles. The SMILES string of the molecule is COc1cc(NC(=O)NCCc2ccc(OC)c(Br)c2)cc(OC)c1. The number of urea groups is 1. The van der Waals surface area contributed by atoms with E-state index in [2.05, 4.69) is 26.6 Å². The second kappa shape index (κ2) is 9.17. The summed E-state index contributed by atoms with van der Waals surface area (Å²) >= 11 is 3.45.